The molecule has 1 aromatic carbocycles. The Balaban J connectivity index is 2.02. The number of nitrogens with one attached hydrogen (secondary N) is 1. The second kappa shape index (κ2) is 6.38. The number of ether oxygens (including phenoxy) is 1. The van der Waals surface area contributed by atoms with Crippen LogP contribution in [0, 0.1) is 11.3 Å². The second-order valence-corrected chi connectivity index (χ2v) is 6.61. The first kappa shape index (κ1) is 15.0. The van der Waals surface area contributed by atoms with Gasteiger partial charge < -0.3 is 15.8 Å². The molecule has 0 heterocycles. The van der Waals surface area contributed by atoms with Crippen LogP contribution in [0.1, 0.15) is 46.0 Å². The first-order valence-electron chi connectivity index (χ1n) is 7.72. The molecule has 0 spiro atoms. The predicted molar refractivity (Wildman–Crippen MR) is 86.3 cm³/mol. The number of methoxy groups -OCH3 is 1. The first-order valence-corrected chi connectivity index (χ1v) is 7.72. The highest BCUT2D eigenvalue weighted by atomic mass is 16.5. The van der Waals surface area contributed by atoms with Crippen molar-refractivity contribution in [2.24, 2.45) is 11.3 Å². The van der Waals surface area contributed by atoms with Crippen LogP contribution in [0.2, 0.25) is 0 Å². The van der Waals surface area contributed by atoms with E-state index in [0.29, 0.717) is 5.41 Å². The minimum Gasteiger partial charge on any atom is -0.497 e. The highest BCUT2D eigenvalue weighted by Crippen LogP contribution is 2.43. The van der Waals surface area contributed by atoms with Gasteiger partial charge in [-0.25, -0.2) is 0 Å². The second-order valence-electron chi connectivity index (χ2n) is 6.61. The number of nitrogens with two attached hydrogens (primary N) is 1. The van der Waals surface area contributed by atoms with Crippen LogP contribution in [0.25, 0.3) is 0 Å². The molecule has 0 bridgehead atoms. The monoisotopic (exact) mass is 276 g/mol. The van der Waals surface area contributed by atoms with Crippen LogP contribution >= 0.6 is 0 Å². The number of rotatable bonds is 6. The van der Waals surface area contributed by atoms with Crippen molar-refractivity contribution in [3.05, 3.63) is 18.2 Å². The summed E-state index contributed by atoms with van der Waals surface area (Å²) in [7, 11) is 1.66. The summed E-state index contributed by atoms with van der Waals surface area (Å²) in [6.07, 6.45) is 6.72. The standard InChI is InChI=1S/C17H28N2O/c1-13(2)11-17(8-4-5-9-17)12-19-16-7-6-14(20-3)10-15(16)18/h6-7,10,13,19H,4-5,8-9,11-12,18H2,1-3H3. The highest BCUT2D eigenvalue weighted by Gasteiger charge is 2.34. The van der Waals surface area contributed by atoms with Crippen molar-refractivity contribution in [3.63, 3.8) is 0 Å². The molecule has 1 saturated carbocycles. The number of hydrogen-bond donors (Lipinski definition) is 2. The zero-order valence-corrected chi connectivity index (χ0v) is 13.0. The summed E-state index contributed by atoms with van der Waals surface area (Å²) in [4.78, 5) is 0. The Labute approximate surface area is 122 Å². The fraction of sp³-hybridized carbons (Fsp3) is 0.647. The maximum atomic E-state index is 6.08. The number of hydrogen-bond acceptors (Lipinski definition) is 3. The van der Waals surface area contributed by atoms with Gasteiger partial charge in [-0.15, -0.1) is 0 Å². The van der Waals surface area contributed by atoms with Gasteiger partial charge in [0.25, 0.3) is 0 Å². The molecule has 0 unspecified atom stereocenters. The average Bonchev–Trinajstić information content (AvgIpc) is 2.85. The zero-order valence-electron chi connectivity index (χ0n) is 13.0. The molecular weight excluding hydrogens is 248 g/mol. The molecule has 112 valence electrons. The van der Waals surface area contributed by atoms with Crippen LogP contribution in [0.4, 0.5) is 11.4 Å². The minimum atomic E-state index is 0.459. The molecule has 0 aromatic heterocycles. The van der Waals surface area contributed by atoms with Crippen LogP contribution < -0.4 is 15.8 Å². The lowest BCUT2D eigenvalue weighted by molar-refractivity contribution is 0.252. The van der Waals surface area contributed by atoms with E-state index in [1.54, 1.807) is 7.11 Å². The highest BCUT2D eigenvalue weighted by molar-refractivity contribution is 5.68. The smallest absolute Gasteiger partial charge is 0.121 e. The third kappa shape index (κ3) is 3.59. The quantitative estimate of drug-likeness (QED) is 0.762. The first-order chi connectivity index (χ1) is 9.54. The molecule has 3 nitrogen and oxygen atoms in total. The maximum Gasteiger partial charge on any atom is 0.121 e. The fourth-order valence-electron chi connectivity index (χ4n) is 3.56. The summed E-state index contributed by atoms with van der Waals surface area (Å²) in [6.45, 7) is 5.67. The molecular formula is C17H28N2O. The van der Waals surface area contributed by atoms with Crippen molar-refractivity contribution in [2.45, 2.75) is 46.0 Å². The van der Waals surface area contributed by atoms with Gasteiger partial charge in [0.05, 0.1) is 18.5 Å². The van der Waals surface area contributed by atoms with E-state index in [1.807, 2.05) is 18.2 Å². The van der Waals surface area contributed by atoms with Gasteiger partial charge in [-0.2, -0.15) is 0 Å². The normalized spacial score (nSPS) is 17.4. The Bertz CT molecular complexity index is 437. The van der Waals surface area contributed by atoms with Gasteiger partial charge in [-0.05, 0) is 42.7 Å². The van der Waals surface area contributed by atoms with E-state index in [9.17, 15) is 0 Å². The number of nitrogen functional groups attached to an aromatic ring is 1. The van der Waals surface area contributed by atoms with Crippen LogP contribution in [-0.4, -0.2) is 13.7 Å². The molecule has 0 radical (unpaired) electrons. The largest absolute Gasteiger partial charge is 0.497 e. The third-order valence-electron chi connectivity index (χ3n) is 4.42. The third-order valence-corrected chi connectivity index (χ3v) is 4.42. The zero-order chi connectivity index (χ0) is 14.6. The minimum absolute atomic E-state index is 0.459. The number of anilines is 2. The van der Waals surface area contributed by atoms with E-state index < -0.39 is 0 Å². The van der Waals surface area contributed by atoms with Gasteiger partial charge in [0.15, 0.2) is 0 Å². The molecule has 1 aliphatic carbocycles. The van der Waals surface area contributed by atoms with Gasteiger partial charge in [0.2, 0.25) is 0 Å². The van der Waals surface area contributed by atoms with E-state index in [-0.39, 0.29) is 0 Å². The summed E-state index contributed by atoms with van der Waals surface area (Å²) in [5.41, 5.74) is 8.34. The lowest BCUT2D eigenvalue weighted by Crippen LogP contribution is -2.28. The molecule has 0 amide bonds. The van der Waals surface area contributed by atoms with Gasteiger partial charge in [-0.1, -0.05) is 26.7 Å². The molecule has 20 heavy (non-hydrogen) atoms. The summed E-state index contributed by atoms with van der Waals surface area (Å²) in [5, 5.41) is 3.57. The molecule has 0 atom stereocenters. The Kier molecular flexibility index (Phi) is 4.79. The van der Waals surface area contributed by atoms with Gasteiger partial charge in [0, 0.05) is 12.6 Å². The lowest BCUT2D eigenvalue weighted by Gasteiger charge is -2.32. The van der Waals surface area contributed by atoms with Crippen LogP contribution in [0.3, 0.4) is 0 Å². The van der Waals surface area contributed by atoms with Crippen molar-refractivity contribution in [1.82, 2.24) is 0 Å². The van der Waals surface area contributed by atoms with Crippen LogP contribution in [0.5, 0.6) is 5.75 Å². The molecule has 1 fully saturated rings. The average molecular weight is 276 g/mol. The van der Waals surface area contributed by atoms with Crippen molar-refractivity contribution >= 4 is 11.4 Å². The van der Waals surface area contributed by atoms with Crippen molar-refractivity contribution < 1.29 is 4.74 Å². The summed E-state index contributed by atoms with van der Waals surface area (Å²) in [5.74, 6) is 1.56. The molecule has 1 aromatic rings. The summed E-state index contributed by atoms with van der Waals surface area (Å²) < 4.78 is 5.19. The molecule has 3 heteroatoms. The SMILES string of the molecule is COc1ccc(NCC2(CC(C)C)CCCC2)c(N)c1. The van der Waals surface area contributed by atoms with Crippen molar-refractivity contribution in [1.29, 1.82) is 0 Å². The molecule has 1 aliphatic rings. The molecule has 3 N–H and O–H groups in total. The number of benzene rings is 1. The van der Waals surface area contributed by atoms with Gasteiger partial charge in [0.1, 0.15) is 5.75 Å². The molecule has 2 rings (SSSR count). The molecule has 0 aliphatic heterocycles. The Morgan fingerprint density at radius 3 is 2.55 bits per heavy atom. The molecule has 0 saturated heterocycles. The van der Waals surface area contributed by atoms with Crippen LogP contribution in [0.15, 0.2) is 18.2 Å². The lowest BCUT2D eigenvalue weighted by atomic mass is 9.78. The Morgan fingerprint density at radius 1 is 1.30 bits per heavy atom. The fourth-order valence-corrected chi connectivity index (χ4v) is 3.56. The van der Waals surface area contributed by atoms with Crippen molar-refractivity contribution in [2.75, 3.05) is 24.7 Å². The summed E-state index contributed by atoms with van der Waals surface area (Å²) >= 11 is 0. The Morgan fingerprint density at radius 2 is 2.00 bits per heavy atom. The topological polar surface area (TPSA) is 47.3 Å². The van der Waals surface area contributed by atoms with E-state index in [4.69, 9.17) is 10.5 Å². The van der Waals surface area contributed by atoms with Gasteiger partial charge >= 0.3 is 0 Å². The van der Waals surface area contributed by atoms with Crippen LogP contribution in [-0.2, 0) is 0 Å². The van der Waals surface area contributed by atoms with E-state index in [1.165, 1.54) is 32.1 Å². The maximum absolute atomic E-state index is 6.08. The Hall–Kier alpha value is -1.38. The summed E-state index contributed by atoms with van der Waals surface area (Å²) in [6, 6.07) is 5.86. The van der Waals surface area contributed by atoms with E-state index in [0.717, 1.165) is 29.6 Å². The predicted octanol–water partition coefficient (Wildman–Crippen LogP) is 4.30. The van der Waals surface area contributed by atoms with E-state index in [2.05, 4.69) is 19.2 Å². The van der Waals surface area contributed by atoms with Gasteiger partial charge in [-0.3, -0.25) is 0 Å². The van der Waals surface area contributed by atoms with Crippen molar-refractivity contribution in [3.8, 4) is 5.75 Å². The van der Waals surface area contributed by atoms with E-state index >= 15 is 0 Å².